The van der Waals surface area contributed by atoms with Gasteiger partial charge >= 0.3 is 11.9 Å². The van der Waals surface area contributed by atoms with Crippen LogP contribution in [0.25, 0.3) is 0 Å². The second kappa shape index (κ2) is 3.94. The standard InChI is InChI=1S/C9H12O10S2/c10-5(11)8(20(14,15)16)1-7(2-8)3-9(4-7,6(12)13)21(17,18)19/h1-4H2,(H,10,11)(H,12,13)(H,14,15,16)(H,17,18,19). The summed E-state index contributed by atoms with van der Waals surface area (Å²) in [5.74, 6) is -3.56. The minimum Gasteiger partial charge on any atom is -0.480 e. The molecule has 0 aromatic heterocycles. The van der Waals surface area contributed by atoms with Gasteiger partial charge in [0.25, 0.3) is 20.2 Å². The topological polar surface area (TPSA) is 183 Å². The first-order valence-electron chi connectivity index (χ1n) is 5.62. The van der Waals surface area contributed by atoms with Crippen molar-refractivity contribution in [3.8, 4) is 0 Å². The highest BCUT2D eigenvalue weighted by molar-refractivity contribution is 7.88. The molecule has 2 saturated carbocycles. The van der Waals surface area contributed by atoms with Crippen molar-refractivity contribution >= 4 is 32.2 Å². The van der Waals surface area contributed by atoms with Gasteiger partial charge in [-0.1, -0.05) is 0 Å². The average molecular weight is 344 g/mol. The van der Waals surface area contributed by atoms with Crippen LogP contribution in [0.4, 0.5) is 0 Å². The van der Waals surface area contributed by atoms with Crippen molar-refractivity contribution in [1.82, 2.24) is 0 Å². The molecular formula is C9H12O10S2. The van der Waals surface area contributed by atoms with E-state index in [2.05, 4.69) is 0 Å². The fourth-order valence-corrected chi connectivity index (χ4v) is 5.85. The van der Waals surface area contributed by atoms with E-state index in [9.17, 15) is 26.4 Å². The lowest BCUT2D eigenvalue weighted by molar-refractivity contribution is -0.161. The Bertz CT molecular complexity index is 651. The van der Waals surface area contributed by atoms with E-state index < -0.39 is 72.8 Å². The number of hydrogen-bond acceptors (Lipinski definition) is 6. The fraction of sp³-hybridized carbons (Fsp3) is 0.778. The lowest BCUT2D eigenvalue weighted by atomic mass is 9.47. The SMILES string of the molecule is O=C(O)C1(S(=O)(=O)O)CC2(C1)CC(C(=O)O)(S(=O)(=O)O)C2. The largest absolute Gasteiger partial charge is 0.480 e. The second-order valence-corrected chi connectivity index (χ2v) is 9.22. The molecule has 2 aliphatic carbocycles. The van der Waals surface area contributed by atoms with E-state index in [0.717, 1.165) is 0 Å². The first kappa shape index (κ1) is 16.1. The molecule has 1 spiro atoms. The Morgan fingerprint density at radius 1 is 0.714 bits per heavy atom. The highest BCUT2D eigenvalue weighted by Crippen LogP contribution is 2.67. The normalized spacial score (nSPS) is 39.3. The lowest BCUT2D eigenvalue weighted by Gasteiger charge is -2.62. The summed E-state index contributed by atoms with van der Waals surface area (Å²) < 4.78 is 57.9. The summed E-state index contributed by atoms with van der Waals surface area (Å²) in [7, 11) is -9.85. The van der Waals surface area contributed by atoms with E-state index in [1.165, 1.54) is 0 Å². The number of rotatable bonds is 4. The van der Waals surface area contributed by atoms with Gasteiger partial charge in [0, 0.05) is 0 Å². The monoisotopic (exact) mass is 344 g/mol. The molecule has 12 heteroatoms. The Hall–Kier alpha value is -1.24. The summed E-state index contributed by atoms with van der Waals surface area (Å²) in [6, 6.07) is 0. The van der Waals surface area contributed by atoms with E-state index in [1.807, 2.05) is 0 Å². The van der Waals surface area contributed by atoms with Crippen molar-refractivity contribution in [2.24, 2.45) is 5.41 Å². The third-order valence-corrected chi connectivity index (χ3v) is 7.31. The van der Waals surface area contributed by atoms with Crippen LogP contribution < -0.4 is 0 Å². The molecule has 0 aliphatic heterocycles. The van der Waals surface area contributed by atoms with Crippen molar-refractivity contribution < 1.29 is 45.7 Å². The first-order valence-corrected chi connectivity index (χ1v) is 8.50. The summed E-state index contributed by atoms with van der Waals surface area (Å²) in [5, 5.41) is 17.9. The minimum absolute atomic E-state index is 0.598. The molecule has 4 N–H and O–H groups in total. The zero-order valence-corrected chi connectivity index (χ0v) is 12.0. The molecule has 0 unspecified atom stereocenters. The van der Waals surface area contributed by atoms with E-state index in [4.69, 9.17) is 19.3 Å². The Morgan fingerprint density at radius 3 is 1.10 bits per heavy atom. The van der Waals surface area contributed by atoms with Crippen molar-refractivity contribution in [3.63, 3.8) is 0 Å². The lowest BCUT2D eigenvalue weighted by Crippen LogP contribution is -2.72. The van der Waals surface area contributed by atoms with Crippen molar-refractivity contribution in [2.45, 2.75) is 35.2 Å². The molecule has 0 atom stereocenters. The maximum absolute atomic E-state index is 11.2. The first-order chi connectivity index (χ1) is 9.22. The van der Waals surface area contributed by atoms with Crippen molar-refractivity contribution in [1.29, 1.82) is 0 Å². The summed E-state index contributed by atoms with van der Waals surface area (Å²) in [4.78, 5) is 22.1. The van der Waals surface area contributed by atoms with Gasteiger partial charge in [0.2, 0.25) is 0 Å². The van der Waals surface area contributed by atoms with Crippen LogP contribution in [0, 0.1) is 5.41 Å². The predicted octanol–water partition coefficient (Wildman–Crippen LogP) is -1.02. The molecule has 0 bridgehead atoms. The van der Waals surface area contributed by atoms with Crippen LogP contribution in [0.5, 0.6) is 0 Å². The number of carboxylic acid groups (broad SMARTS) is 2. The molecule has 0 heterocycles. The van der Waals surface area contributed by atoms with Crippen LogP contribution in [0.3, 0.4) is 0 Å². The number of aliphatic carboxylic acids is 2. The van der Waals surface area contributed by atoms with Crippen LogP contribution in [0.2, 0.25) is 0 Å². The van der Waals surface area contributed by atoms with Gasteiger partial charge in [-0.15, -0.1) is 0 Å². The predicted molar refractivity (Wildman–Crippen MR) is 64.7 cm³/mol. The summed E-state index contributed by atoms with van der Waals surface area (Å²) in [6.07, 6.45) is -2.39. The maximum atomic E-state index is 11.2. The van der Waals surface area contributed by atoms with Gasteiger partial charge < -0.3 is 10.2 Å². The fourth-order valence-electron chi connectivity index (χ4n) is 3.46. The highest BCUT2D eigenvalue weighted by atomic mass is 32.2. The molecule has 0 saturated heterocycles. The molecule has 0 aromatic rings. The number of carbonyl (C=O) groups is 2. The molecule has 120 valence electrons. The van der Waals surface area contributed by atoms with E-state index in [-0.39, 0.29) is 0 Å². The van der Waals surface area contributed by atoms with Gasteiger partial charge in [0.1, 0.15) is 0 Å². The second-order valence-electron chi connectivity index (χ2n) is 5.76. The summed E-state index contributed by atoms with van der Waals surface area (Å²) in [6.45, 7) is 0. The zero-order chi connectivity index (χ0) is 16.5. The Balaban J connectivity index is 2.28. The van der Waals surface area contributed by atoms with Crippen molar-refractivity contribution in [2.75, 3.05) is 0 Å². The van der Waals surface area contributed by atoms with Gasteiger partial charge in [-0.05, 0) is 31.1 Å². The van der Waals surface area contributed by atoms with Crippen LogP contribution in [-0.2, 0) is 29.8 Å². The zero-order valence-electron chi connectivity index (χ0n) is 10.4. The molecule has 0 radical (unpaired) electrons. The molecule has 2 aliphatic rings. The third kappa shape index (κ3) is 1.89. The molecule has 0 amide bonds. The van der Waals surface area contributed by atoms with E-state index >= 15 is 0 Å². The van der Waals surface area contributed by atoms with Crippen LogP contribution in [0.1, 0.15) is 25.7 Å². The Morgan fingerprint density at radius 2 is 0.952 bits per heavy atom. The van der Waals surface area contributed by atoms with Crippen LogP contribution >= 0.6 is 0 Å². The van der Waals surface area contributed by atoms with Gasteiger partial charge in [-0.25, -0.2) is 0 Å². The average Bonchev–Trinajstić information content (AvgIpc) is 2.07. The maximum Gasteiger partial charge on any atom is 0.327 e. The van der Waals surface area contributed by atoms with Gasteiger partial charge in [0.05, 0.1) is 0 Å². The third-order valence-electron chi connectivity index (χ3n) is 4.41. The minimum atomic E-state index is -4.93. The van der Waals surface area contributed by atoms with Crippen molar-refractivity contribution in [3.05, 3.63) is 0 Å². The van der Waals surface area contributed by atoms with Crippen LogP contribution in [-0.4, -0.2) is 57.6 Å². The molecule has 21 heavy (non-hydrogen) atoms. The molecule has 0 aromatic carbocycles. The Kier molecular flexibility index (Phi) is 3.03. The number of hydrogen-bond donors (Lipinski definition) is 4. The van der Waals surface area contributed by atoms with Crippen LogP contribution in [0.15, 0.2) is 0 Å². The summed E-state index contributed by atoms with van der Waals surface area (Å²) in [5.41, 5.74) is -1.15. The summed E-state index contributed by atoms with van der Waals surface area (Å²) >= 11 is 0. The molecule has 2 rings (SSSR count). The van der Waals surface area contributed by atoms with Gasteiger partial charge in [-0.2, -0.15) is 16.8 Å². The smallest absolute Gasteiger partial charge is 0.327 e. The van der Waals surface area contributed by atoms with Gasteiger partial charge in [0.15, 0.2) is 9.49 Å². The quantitative estimate of drug-likeness (QED) is 0.460. The van der Waals surface area contributed by atoms with E-state index in [0.29, 0.717) is 0 Å². The Labute approximate surface area is 119 Å². The number of carboxylic acids is 2. The highest BCUT2D eigenvalue weighted by Gasteiger charge is 2.77. The van der Waals surface area contributed by atoms with E-state index in [1.54, 1.807) is 0 Å². The molecular weight excluding hydrogens is 332 g/mol. The van der Waals surface area contributed by atoms with Gasteiger partial charge in [-0.3, -0.25) is 18.7 Å². The molecule has 2 fully saturated rings. The molecule has 10 nitrogen and oxygen atoms in total.